The second kappa shape index (κ2) is 6.69. The van der Waals surface area contributed by atoms with Crippen molar-refractivity contribution in [2.45, 2.75) is 65.2 Å². The van der Waals surface area contributed by atoms with E-state index in [9.17, 15) is 0 Å². The van der Waals surface area contributed by atoms with Crippen LogP contribution >= 0.6 is 0 Å². The zero-order valence-electron chi connectivity index (χ0n) is 16.8. The summed E-state index contributed by atoms with van der Waals surface area (Å²) in [6, 6.07) is 0. The summed E-state index contributed by atoms with van der Waals surface area (Å²) in [7, 11) is 3.31. The van der Waals surface area contributed by atoms with E-state index in [1.54, 1.807) is 19.8 Å². The Labute approximate surface area is 158 Å². The molecule has 0 aliphatic heterocycles. The summed E-state index contributed by atoms with van der Waals surface area (Å²) in [5.74, 6) is 3.15. The van der Waals surface area contributed by atoms with E-state index in [0.717, 1.165) is 29.9 Å². The molecule has 0 radical (unpaired) electrons. The number of allylic oxidation sites excluding steroid dienone is 2. The predicted octanol–water partition coefficient (Wildman–Crippen LogP) is 5.20. The number of rotatable bonds is 3. The normalized spacial score (nSPS) is 46.5. The van der Waals surface area contributed by atoms with Gasteiger partial charge in [0.25, 0.3) is 0 Å². The summed E-state index contributed by atoms with van der Waals surface area (Å²) in [5, 5.41) is 8.37. The van der Waals surface area contributed by atoms with Crippen molar-refractivity contribution < 1.29 is 9.68 Å². The maximum atomic E-state index is 5.04. The highest BCUT2D eigenvalue weighted by Gasteiger charge is 2.58. The van der Waals surface area contributed by atoms with E-state index in [1.807, 2.05) is 0 Å². The molecule has 4 aliphatic rings. The average molecular weight is 359 g/mol. The highest BCUT2D eigenvalue weighted by atomic mass is 16.6. The zero-order chi connectivity index (χ0) is 18.4. The molecule has 144 valence electrons. The van der Waals surface area contributed by atoms with Crippen LogP contribution in [-0.2, 0) is 9.68 Å². The van der Waals surface area contributed by atoms with Gasteiger partial charge in [0.15, 0.2) is 0 Å². The minimum atomic E-state index is 0.371. The molecule has 0 saturated heterocycles. The second-order valence-corrected chi connectivity index (χ2v) is 9.43. The van der Waals surface area contributed by atoms with Crippen LogP contribution in [0.5, 0.6) is 0 Å². The Morgan fingerprint density at radius 2 is 1.85 bits per heavy atom. The van der Waals surface area contributed by atoms with Gasteiger partial charge in [-0.25, -0.2) is 0 Å². The summed E-state index contributed by atoms with van der Waals surface area (Å²) in [6.45, 7) is 5.08. The van der Waals surface area contributed by atoms with Crippen molar-refractivity contribution in [1.82, 2.24) is 0 Å². The van der Waals surface area contributed by atoms with Crippen LogP contribution in [0.25, 0.3) is 0 Å². The maximum Gasteiger partial charge on any atom is 0.106 e. The zero-order valence-corrected chi connectivity index (χ0v) is 16.8. The average Bonchev–Trinajstić information content (AvgIpc) is 2.97. The maximum absolute atomic E-state index is 5.04. The Hall–Kier alpha value is -1.32. The highest BCUT2D eigenvalue weighted by Crippen LogP contribution is 2.66. The topological polar surface area (TPSA) is 43.2 Å². The van der Waals surface area contributed by atoms with Crippen molar-refractivity contribution in [3.8, 4) is 0 Å². The van der Waals surface area contributed by atoms with Crippen LogP contribution in [0.15, 0.2) is 22.0 Å². The minimum absolute atomic E-state index is 0.371. The van der Waals surface area contributed by atoms with Crippen LogP contribution in [0.1, 0.15) is 65.2 Å². The molecule has 0 aromatic heterocycles. The van der Waals surface area contributed by atoms with Crippen LogP contribution in [0.3, 0.4) is 0 Å². The summed E-state index contributed by atoms with van der Waals surface area (Å²) in [6.07, 6.45) is 14.7. The molecule has 0 N–H and O–H groups in total. The number of hydrogen-bond donors (Lipinski definition) is 0. The molecule has 4 nitrogen and oxygen atoms in total. The Bertz CT molecular complexity index is 640. The Morgan fingerprint density at radius 1 is 1.00 bits per heavy atom. The van der Waals surface area contributed by atoms with Gasteiger partial charge in [0.1, 0.15) is 14.2 Å². The van der Waals surface area contributed by atoms with Crippen molar-refractivity contribution in [3.63, 3.8) is 0 Å². The van der Waals surface area contributed by atoms with Crippen LogP contribution < -0.4 is 0 Å². The van der Waals surface area contributed by atoms with Crippen LogP contribution in [0.2, 0.25) is 0 Å². The molecule has 3 saturated carbocycles. The van der Waals surface area contributed by atoms with Crippen LogP contribution in [-0.4, -0.2) is 26.1 Å². The Morgan fingerprint density at radius 3 is 2.62 bits per heavy atom. The summed E-state index contributed by atoms with van der Waals surface area (Å²) in [4.78, 5) is 10.0. The molecule has 0 aromatic rings. The third-order valence-corrected chi connectivity index (χ3v) is 8.61. The second-order valence-electron chi connectivity index (χ2n) is 9.43. The SMILES string of the molecule is CON=C[C@H]1CCC2C3CCC4=CC(=NOC)CC[C@]4(C)C3CC[C@@]21C. The molecule has 4 heteroatoms. The molecule has 4 aliphatic carbocycles. The van der Waals surface area contributed by atoms with E-state index < -0.39 is 0 Å². The lowest BCUT2D eigenvalue weighted by atomic mass is 9.47. The van der Waals surface area contributed by atoms with Crippen molar-refractivity contribution in [2.24, 2.45) is 44.8 Å². The van der Waals surface area contributed by atoms with Gasteiger partial charge in [0.2, 0.25) is 0 Å². The molecule has 6 atom stereocenters. The van der Waals surface area contributed by atoms with Crippen molar-refractivity contribution in [3.05, 3.63) is 11.6 Å². The van der Waals surface area contributed by atoms with E-state index in [2.05, 4.69) is 36.4 Å². The minimum Gasteiger partial charge on any atom is -0.399 e. The number of oxime groups is 2. The lowest BCUT2D eigenvalue weighted by Gasteiger charge is -2.58. The molecule has 0 spiro atoms. The summed E-state index contributed by atoms with van der Waals surface area (Å²) in [5.41, 5.74) is 3.56. The lowest BCUT2D eigenvalue weighted by Crippen LogP contribution is -2.50. The summed E-state index contributed by atoms with van der Waals surface area (Å²) < 4.78 is 0. The highest BCUT2D eigenvalue weighted by molar-refractivity contribution is 5.96. The molecular weight excluding hydrogens is 324 g/mol. The Kier molecular flexibility index (Phi) is 4.65. The van der Waals surface area contributed by atoms with Crippen LogP contribution in [0.4, 0.5) is 0 Å². The number of nitrogens with zero attached hydrogens (tertiary/aromatic N) is 2. The monoisotopic (exact) mass is 358 g/mol. The van der Waals surface area contributed by atoms with Gasteiger partial charge < -0.3 is 9.68 Å². The quantitative estimate of drug-likeness (QED) is 0.514. The largest absolute Gasteiger partial charge is 0.399 e. The van der Waals surface area contributed by atoms with Crippen molar-refractivity contribution in [2.75, 3.05) is 14.2 Å². The molecule has 0 bridgehead atoms. The van der Waals surface area contributed by atoms with Gasteiger partial charge in [-0.15, -0.1) is 0 Å². The van der Waals surface area contributed by atoms with Gasteiger partial charge in [-0.2, -0.15) is 0 Å². The smallest absolute Gasteiger partial charge is 0.106 e. The number of hydrogen-bond acceptors (Lipinski definition) is 4. The molecule has 3 fully saturated rings. The Balaban J connectivity index is 1.60. The first-order valence-electron chi connectivity index (χ1n) is 10.4. The molecule has 0 amide bonds. The molecule has 0 aromatic carbocycles. The van der Waals surface area contributed by atoms with Gasteiger partial charge in [-0.1, -0.05) is 29.7 Å². The standard InChI is InChI=1S/C22H34N2O2/c1-21-11-9-17(24-26-4)13-15(21)5-7-18-19-8-6-16(14-23-25-3)22(19,2)12-10-20(18)21/h13-14,16,18-20H,5-12H2,1-4H3/t16-,18?,19?,20?,21+,22-/m1/s1. The fraction of sp³-hybridized carbons (Fsp3) is 0.818. The fourth-order valence-corrected chi connectivity index (χ4v) is 7.18. The first-order valence-corrected chi connectivity index (χ1v) is 10.4. The van der Waals surface area contributed by atoms with Gasteiger partial charge in [-0.3, -0.25) is 0 Å². The summed E-state index contributed by atoms with van der Waals surface area (Å²) >= 11 is 0. The van der Waals surface area contributed by atoms with E-state index in [4.69, 9.17) is 9.68 Å². The van der Waals surface area contributed by atoms with Gasteiger partial charge in [0, 0.05) is 12.1 Å². The third kappa shape index (κ3) is 2.63. The third-order valence-electron chi connectivity index (χ3n) is 8.61. The van der Waals surface area contributed by atoms with E-state index in [0.29, 0.717) is 16.7 Å². The van der Waals surface area contributed by atoms with Gasteiger partial charge >= 0.3 is 0 Å². The van der Waals surface area contributed by atoms with Crippen molar-refractivity contribution in [1.29, 1.82) is 0 Å². The van der Waals surface area contributed by atoms with Gasteiger partial charge in [-0.05, 0) is 86.0 Å². The van der Waals surface area contributed by atoms with E-state index >= 15 is 0 Å². The molecular formula is C22H34N2O2. The van der Waals surface area contributed by atoms with Crippen LogP contribution in [0, 0.1) is 34.5 Å². The first kappa shape index (κ1) is 18.1. The van der Waals surface area contributed by atoms with E-state index in [1.165, 1.54) is 44.9 Å². The van der Waals surface area contributed by atoms with Crippen molar-refractivity contribution >= 4 is 11.9 Å². The predicted molar refractivity (Wildman–Crippen MR) is 105 cm³/mol. The fourth-order valence-electron chi connectivity index (χ4n) is 7.18. The molecule has 26 heavy (non-hydrogen) atoms. The first-order chi connectivity index (χ1) is 12.5. The molecule has 0 heterocycles. The number of fused-ring (bicyclic) bond motifs is 5. The van der Waals surface area contributed by atoms with E-state index in [-0.39, 0.29) is 0 Å². The molecule has 4 rings (SSSR count). The lowest BCUT2D eigenvalue weighted by molar-refractivity contribution is -0.0405. The van der Waals surface area contributed by atoms with Gasteiger partial charge in [0.05, 0.1) is 5.71 Å². The molecule has 3 unspecified atom stereocenters.